The number of anilines is 2. The van der Waals surface area contributed by atoms with Gasteiger partial charge in [-0.1, -0.05) is 0 Å². The van der Waals surface area contributed by atoms with Crippen molar-refractivity contribution in [1.82, 2.24) is 44.7 Å². The van der Waals surface area contributed by atoms with Crippen molar-refractivity contribution >= 4 is 17.5 Å². The van der Waals surface area contributed by atoms with Crippen LogP contribution in [-0.4, -0.2) is 63.7 Å². The van der Waals surface area contributed by atoms with Gasteiger partial charge in [0, 0.05) is 30.8 Å². The van der Waals surface area contributed by atoms with E-state index in [-0.39, 0.29) is 11.8 Å². The molecule has 168 valence electrons. The molecule has 4 aromatic heterocycles. The van der Waals surface area contributed by atoms with Crippen molar-refractivity contribution in [1.29, 1.82) is 0 Å². The molecule has 1 fully saturated rings. The molecular formula is C21H23N11O. The Hall–Kier alpha value is -4.22. The molecule has 12 heteroatoms. The van der Waals surface area contributed by atoms with Gasteiger partial charge in [0.15, 0.2) is 17.5 Å². The highest BCUT2D eigenvalue weighted by molar-refractivity contribution is 5.92. The molecule has 12 nitrogen and oxygen atoms in total. The number of rotatable bonds is 5. The lowest BCUT2D eigenvalue weighted by Gasteiger charge is -2.31. The van der Waals surface area contributed by atoms with Crippen LogP contribution in [0, 0.1) is 19.8 Å². The molecule has 0 unspecified atom stereocenters. The topological polar surface area (TPSA) is 132 Å². The minimum atomic E-state index is -0.104. The Morgan fingerprint density at radius 2 is 1.79 bits per heavy atom. The molecule has 1 aliphatic rings. The second-order valence-electron chi connectivity index (χ2n) is 7.94. The van der Waals surface area contributed by atoms with Gasteiger partial charge in [-0.05, 0) is 44.9 Å². The fraction of sp³-hybridized carbons (Fsp3) is 0.333. The number of hydrogen-bond donors (Lipinski definition) is 1. The third-order valence-electron chi connectivity index (χ3n) is 5.61. The molecule has 0 bridgehead atoms. The predicted octanol–water partition coefficient (Wildman–Crippen LogP) is 1.50. The van der Waals surface area contributed by atoms with Crippen LogP contribution in [0.25, 0.3) is 11.6 Å². The van der Waals surface area contributed by atoms with E-state index in [1.54, 1.807) is 10.7 Å². The second kappa shape index (κ2) is 8.73. The van der Waals surface area contributed by atoms with E-state index in [0.29, 0.717) is 30.3 Å². The summed E-state index contributed by atoms with van der Waals surface area (Å²) in [5, 5.41) is 20.1. The first-order valence-corrected chi connectivity index (χ1v) is 10.7. The SMILES string of the molecule is Cc1cc(C)n(-c2ccc(N3CCC(C(=O)Nc4cc(-n5cncn5)ncn4)CC3)nn2)n1. The van der Waals surface area contributed by atoms with Crippen LogP contribution in [0.4, 0.5) is 11.6 Å². The molecule has 5 rings (SSSR count). The van der Waals surface area contributed by atoms with Gasteiger partial charge in [-0.3, -0.25) is 4.79 Å². The summed E-state index contributed by atoms with van der Waals surface area (Å²) in [4.78, 5) is 27.1. The van der Waals surface area contributed by atoms with Crippen molar-refractivity contribution in [2.75, 3.05) is 23.3 Å². The number of hydrogen-bond acceptors (Lipinski definition) is 9. The van der Waals surface area contributed by atoms with E-state index in [9.17, 15) is 4.79 Å². The van der Waals surface area contributed by atoms with Crippen LogP contribution in [0.5, 0.6) is 0 Å². The number of aryl methyl sites for hydroxylation is 2. The van der Waals surface area contributed by atoms with Gasteiger partial charge in [0.25, 0.3) is 0 Å². The predicted molar refractivity (Wildman–Crippen MR) is 119 cm³/mol. The van der Waals surface area contributed by atoms with E-state index in [2.05, 4.69) is 45.6 Å². The largest absolute Gasteiger partial charge is 0.355 e. The summed E-state index contributed by atoms with van der Waals surface area (Å²) in [6.45, 7) is 5.38. The maximum Gasteiger partial charge on any atom is 0.228 e. The summed E-state index contributed by atoms with van der Waals surface area (Å²) in [6.07, 6.45) is 5.78. The molecule has 1 saturated heterocycles. The number of nitrogens with one attached hydrogen (secondary N) is 1. The first kappa shape index (κ1) is 20.7. The molecule has 0 aliphatic carbocycles. The molecule has 33 heavy (non-hydrogen) atoms. The van der Waals surface area contributed by atoms with Crippen LogP contribution in [0.3, 0.4) is 0 Å². The zero-order chi connectivity index (χ0) is 22.8. The van der Waals surface area contributed by atoms with E-state index in [1.165, 1.54) is 23.7 Å². The first-order chi connectivity index (χ1) is 16.1. The fourth-order valence-corrected chi connectivity index (χ4v) is 3.93. The van der Waals surface area contributed by atoms with Crippen molar-refractivity contribution in [2.45, 2.75) is 26.7 Å². The molecule has 0 atom stereocenters. The molecule has 0 saturated carbocycles. The minimum Gasteiger partial charge on any atom is -0.355 e. The van der Waals surface area contributed by atoms with E-state index in [4.69, 9.17) is 0 Å². The maximum absolute atomic E-state index is 12.8. The second-order valence-corrected chi connectivity index (χ2v) is 7.94. The number of carbonyl (C=O) groups excluding carboxylic acids is 1. The lowest BCUT2D eigenvalue weighted by molar-refractivity contribution is -0.120. The maximum atomic E-state index is 12.8. The normalized spacial score (nSPS) is 14.4. The highest BCUT2D eigenvalue weighted by Crippen LogP contribution is 2.23. The standard InChI is InChI=1S/C21H23N11O/c1-14-9-15(2)32(29-14)19-4-3-18(27-28-19)30-7-5-16(6-8-30)21(33)26-17-10-20(24-12-23-17)31-13-22-11-25-31/h3-4,9-13,16H,5-8H2,1-2H3,(H,23,24,26,33). The zero-order valence-electron chi connectivity index (χ0n) is 18.3. The van der Waals surface area contributed by atoms with E-state index < -0.39 is 0 Å². The van der Waals surface area contributed by atoms with E-state index in [1.807, 2.05) is 32.0 Å². The van der Waals surface area contributed by atoms with E-state index in [0.717, 1.165) is 30.3 Å². The van der Waals surface area contributed by atoms with Crippen LogP contribution in [0.15, 0.2) is 43.2 Å². The molecular weight excluding hydrogens is 422 g/mol. The smallest absolute Gasteiger partial charge is 0.228 e. The summed E-state index contributed by atoms with van der Waals surface area (Å²) in [7, 11) is 0. The monoisotopic (exact) mass is 445 g/mol. The van der Waals surface area contributed by atoms with Crippen LogP contribution >= 0.6 is 0 Å². The third kappa shape index (κ3) is 4.40. The van der Waals surface area contributed by atoms with Gasteiger partial charge < -0.3 is 10.2 Å². The fourth-order valence-electron chi connectivity index (χ4n) is 3.93. The van der Waals surface area contributed by atoms with Gasteiger partial charge in [-0.15, -0.1) is 10.2 Å². The minimum absolute atomic E-state index is 0.0520. The Morgan fingerprint density at radius 3 is 2.45 bits per heavy atom. The Labute approximate surface area is 189 Å². The number of aromatic nitrogens is 9. The van der Waals surface area contributed by atoms with Crippen molar-refractivity contribution in [2.24, 2.45) is 5.92 Å². The molecule has 0 aromatic carbocycles. The highest BCUT2D eigenvalue weighted by Gasteiger charge is 2.26. The van der Waals surface area contributed by atoms with E-state index >= 15 is 0 Å². The number of nitrogens with zero attached hydrogens (tertiary/aromatic N) is 10. The average molecular weight is 445 g/mol. The van der Waals surface area contributed by atoms with Crippen molar-refractivity contribution in [3.63, 3.8) is 0 Å². The van der Waals surface area contributed by atoms with Gasteiger partial charge >= 0.3 is 0 Å². The van der Waals surface area contributed by atoms with Gasteiger partial charge in [0.1, 0.15) is 24.8 Å². The molecule has 1 N–H and O–H groups in total. The summed E-state index contributed by atoms with van der Waals surface area (Å²) < 4.78 is 3.29. The number of carbonyl (C=O) groups is 1. The molecule has 0 radical (unpaired) electrons. The Kier molecular flexibility index (Phi) is 5.47. The zero-order valence-corrected chi connectivity index (χ0v) is 18.3. The summed E-state index contributed by atoms with van der Waals surface area (Å²) >= 11 is 0. The van der Waals surface area contributed by atoms with Crippen LogP contribution in [-0.2, 0) is 4.79 Å². The summed E-state index contributed by atoms with van der Waals surface area (Å²) in [5.41, 5.74) is 1.95. The van der Waals surface area contributed by atoms with Crippen molar-refractivity contribution in [3.8, 4) is 11.6 Å². The van der Waals surface area contributed by atoms with Gasteiger partial charge in [-0.2, -0.15) is 10.2 Å². The lowest BCUT2D eigenvalue weighted by Crippen LogP contribution is -2.38. The Morgan fingerprint density at radius 1 is 1.00 bits per heavy atom. The Balaban J connectivity index is 1.18. The van der Waals surface area contributed by atoms with Crippen LogP contribution < -0.4 is 10.2 Å². The van der Waals surface area contributed by atoms with Gasteiger partial charge in [0.2, 0.25) is 5.91 Å². The summed E-state index contributed by atoms with van der Waals surface area (Å²) in [5.74, 6) is 2.31. The molecule has 0 spiro atoms. The quantitative estimate of drug-likeness (QED) is 0.485. The van der Waals surface area contributed by atoms with Crippen LogP contribution in [0.2, 0.25) is 0 Å². The molecule has 5 heterocycles. The van der Waals surface area contributed by atoms with Crippen molar-refractivity contribution in [3.05, 3.63) is 54.6 Å². The third-order valence-corrected chi connectivity index (χ3v) is 5.61. The average Bonchev–Trinajstić information content (AvgIpc) is 3.49. The first-order valence-electron chi connectivity index (χ1n) is 10.7. The summed E-state index contributed by atoms with van der Waals surface area (Å²) in [6, 6.07) is 7.54. The molecule has 1 aliphatic heterocycles. The Bertz CT molecular complexity index is 1240. The van der Waals surface area contributed by atoms with Gasteiger partial charge in [0.05, 0.1) is 5.69 Å². The van der Waals surface area contributed by atoms with Crippen molar-refractivity contribution < 1.29 is 4.79 Å². The highest BCUT2D eigenvalue weighted by atomic mass is 16.2. The lowest BCUT2D eigenvalue weighted by atomic mass is 9.96. The molecule has 1 amide bonds. The number of piperidine rings is 1. The molecule has 4 aromatic rings. The van der Waals surface area contributed by atoms with Crippen LogP contribution in [0.1, 0.15) is 24.2 Å². The van der Waals surface area contributed by atoms with Gasteiger partial charge in [-0.25, -0.2) is 24.3 Å². The number of amides is 1.